The van der Waals surface area contributed by atoms with Crippen molar-refractivity contribution in [2.24, 2.45) is 0 Å². The lowest BCUT2D eigenvalue weighted by Gasteiger charge is -2.23. The Morgan fingerprint density at radius 1 is 1.12 bits per heavy atom. The fourth-order valence-electron chi connectivity index (χ4n) is 4.06. The molecule has 1 atom stereocenters. The molecular formula is C26H18BrFN2O3S. The molecule has 170 valence electrons. The Morgan fingerprint density at radius 2 is 1.88 bits per heavy atom. The van der Waals surface area contributed by atoms with Crippen molar-refractivity contribution in [3.63, 3.8) is 0 Å². The van der Waals surface area contributed by atoms with E-state index >= 15 is 0 Å². The number of Topliss-reactive ketones (excluding diaryl/α,β-unsaturated/α-hetero) is 1. The van der Waals surface area contributed by atoms with Gasteiger partial charge in [-0.15, -0.1) is 0 Å². The summed E-state index contributed by atoms with van der Waals surface area (Å²) in [6.45, 7) is 2.06. The average molecular weight is 537 g/mol. The Hall–Kier alpha value is -3.36. The Morgan fingerprint density at radius 3 is 2.59 bits per heavy atom. The fraction of sp³-hybridized carbons (Fsp3) is 0.115. The van der Waals surface area contributed by atoms with Gasteiger partial charge in [-0.25, -0.2) is 9.37 Å². The maximum absolute atomic E-state index is 13.5. The number of fused-ring (bicyclic) bond motifs is 1. The molecule has 1 aliphatic heterocycles. The minimum atomic E-state index is -0.895. The van der Waals surface area contributed by atoms with E-state index in [4.69, 9.17) is 0 Å². The van der Waals surface area contributed by atoms with Crippen molar-refractivity contribution in [1.82, 2.24) is 4.98 Å². The zero-order valence-corrected chi connectivity index (χ0v) is 20.4. The predicted molar refractivity (Wildman–Crippen MR) is 134 cm³/mol. The van der Waals surface area contributed by atoms with Crippen LogP contribution in [-0.4, -0.2) is 21.8 Å². The van der Waals surface area contributed by atoms with Crippen molar-refractivity contribution in [3.8, 4) is 0 Å². The SMILES string of the molecule is CCc1ccc2nc(N3C(=O)C(=O)/C(=C(/O)c4ccc(F)cc4)[C@@H]3c3cccc(Br)c3)sc2c1. The van der Waals surface area contributed by atoms with E-state index in [1.807, 2.05) is 24.3 Å². The zero-order valence-electron chi connectivity index (χ0n) is 18.0. The molecule has 1 amide bonds. The van der Waals surface area contributed by atoms with Crippen LogP contribution >= 0.6 is 27.3 Å². The highest BCUT2D eigenvalue weighted by atomic mass is 79.9. The van der Waals surface area contributed by atoms with Gasteiger partial charge in [0.25, 0.3) is 5.78 Å². The maximum Gasteiger partial charge on any atom is 0.301 e. The summed E-state index contributed by atoms with van der Waals surface area (Å²) in [5, 5.41) is 11.5. The van der Waals surface area contributed by atoms with Crippen molar-refractivity contribution in [1.29, 1.82) is 0 Å². The van der Waals surface area contributed by atoms with E-state index in [1.54, 1.807) is 18.2 Å². The normalized spacial score (nSPS) is 17.6. The van der Waals surface area contributed by atoms with Crippen molar-refractivity contribution in [2.45, 2.75) is 19.4 Å². The van der Waals surface area contributed by atoms with Gasteiger partial charge in [-0.3, -0.25) is 14.5 Å². The van der Waals surface area contributed by atoms with Gasteiger partial charge in [0.1, 0.15) is 11.6 Å². The highest BCUT2D eigenvalue weighted by Crippen LogP contribution is 2.44. The first kappa shape index (κ1) is 22.4. The maximum atomic E-state index is 13.5. The lowest BCUT2D eigenvalue weighted by atomic mass is 9.95. The number of benzene rings is 3. The topological polar surface area (TPSA) is 70.5 Å². The highest BCUT2D eigenvalue weighted by molar-refractivity contribution is 9.10. The Kier molecular flexibility index (Phi) is 5.79. The van der Waals surface area contributed by atoms with E-state index < -0.39 is 23.5 Å². The van der Waals surface area contributed by atoms with Gasteiger partial charge >= 0.3 is 5.91 Å². The van der Waals surface area contributed by atoms with E-state index in [0.717, 1.165) is 26.7 Å². The number of anilines is 1. The summed E-state index contributed by atoms with van der Waals surface area (Å²) in [6.07, 6.45) is 0.864. The molecule has 1 aromatic heterocycles. The standard InChI is InChI=1S/C26H18BrFN2O3S/c1-2-14-6-11-19-20(12-14)34-26(29-19)30-22(16-4-3-5-17(27)13-16)21(24(32)25(30)33)23(31)15-7-9-18(28)10-8-15/h3-13,22,31H,2H2,1H3/b23-21+/t22-/m0/s1. The summed E-state index contributed by atoms with van der Waals surface area (Å²) in [5.74, 6) is -2.43. The molecule has 0 bridgehead atoms. The molecule has 0 radical (unpaired) electrons. The molecule has 1 fully saturated rings. The number of halogens is 2. The molecule has 34 heavy (non-hydrogen) atoms. The van der Waals surface area contributed by atoms with Crippen LogP contribution < -0.4 is 4.90 Å². The van der Waals surface area contributed by atoms with Gasteiger partial charge in [0.2, 0.25) is 0 Å². The number of carbonyl (C=O) groups is 2. The van der Waals surface area contributed by atoms with Crippen LogP contribution in [0.15, 0.2) is 76.8 Å². The van der Waals surface area contributed by atoms with Crippen molar-refractivity contribution in [2.75, 3.05) is 4.90 Å². The molecule has 1 N–H and O–H groups in total. The largest absolute Gasteiger partial charge is 0.507 e. The fourth-order valence-corrected chi connectivity index (χ4v) is 5.54. The van der Waals surface area contributed by atoms with Crippen molar-refractivity contribution in [3.05, 3.63) is 99.3 Å². The third kappa shape index (κ3) is 3.82. The van der Waals surface area contributed by atoms with Gasteiger partial charge in [0.05, 0.1) is 21.8 Å². The first-order valence-electron chi connectivity index (χ1n) is 10.6. The van der Waals surface area contributed by atoms with Crippen molar-refractivity contribution < 1.29 is 19.1 Å². The van der Waals surface area contributed by atoms with Crippen LogP contribution in [0.3, 0.4) is 0 Å². The smallest absolute Gasteiger partial charge is 0.301 e. The summed E-state index contributed by atoms with van der Waals surface area (Å²) >= 11 is 4.77. The van der Waals surface area contributed by atoms with Crippen LogP contribution in [0.1, 0.15) is 29.7 Å². The second-order valence-corrected chi connectivity index (χ2v) is 9.81. The van der Waals surface area contributed by atoms with Crippen LogP contribution in [0.5, 0.6) is 0 Å². The first-order chi connectivity index (χ1) is 16.4. The highest BCUT2D eigenvalue weighted by Gasteiger charge is 2.48. The molecular weight excluding hydrogens is 519 g/mol. The monoisotopic (exact) mass is 536 g/mol. The number of carbonyl (C=O) groups excluding carboxylic acids is 2. The van der Waals surface area contributed by atoms with Crippen LogP contribution in [0.4, 0.5) is 9.52 Å². The second-order valence-electron chi connectivity index (χ2n) is 7.88. The van der Waals surface area contributed by atoms with Crippen LogP contribution in [-0.2, 0) is 16.0 Å². The Bertz CT molecular complexity index is 1480. The molecule has 5 rings (SSSR count). The first-order valence-corrected chi connectivity index (χ1v) is 12.2. The number of nitrogens with zero attached hydrogens (tertiary/aromatic N) is 2. The molecule has 0 spiro atoms. The summed E-state index contributed by atoms with van der Waals surface area (Å²) in [4.78, 5) is 32.5. The number of amides is 1. The number of thiazole rings is 1. The quantitative estimate of drug-likeness (QED) is 0.186. The van der Waals surface area contributed by atoms with Gasteiger partial charge in [0, 0.05) is 10.0 Å². The molecule has 0 unspecified atom stereocenters. The molecule has 5 nitrogen and oxygen atoms in total. The van der Waals surface area contributed by atoms with Crippen molar-refractivity contribution >= 4 is 60.1 Å². The van der Waals surface area contributed by atoms with Gasteiger partial charge < -0.3 is 5.11 Å². The number of hydrogen-bond acceptors (Lipinski definition) is 5. The molecule has 0 aliphatic carbocycles. The van der Waals surface area contributed by atoms with Gasteiger partial charge in [0.15, 0.2) is 5.13 Å². The molecule has 2 heterocycles. The van der Waals surface area contributed by atoms with Crippen LogP contribution in [0.2, 0.25) is 0 Å². The van der Waals surface area contributed by atoms with E-state index in [1.165, 1.54) is 40.5 Å². The van der Waals surface area contributed by atoms with Gasteiger partial charge in [-0.1, -0.05) is 52.4 Å². The Balaban J connectivity index is 1.72. The molecule has 0 saturated carbocycles. The molecule has 4 aromatic rings. The van der Waals surface area contributed by atoms with E-state index in [0.29, 0.717) is 10.7 Å². The molecule has 1 saturated heterocycles. The van der Waals surface area contributed by atoms with Crippen LogP contribution in [0.25, 0.3) is 16.0 Å². The minimum absolute atomic E-state index is 0.0665. The number of ketones is 1. The van der Waals surface area contributed by atoms with E-state index in [2.05, 4.69) is 27.8 Å². The number of aliphatic hydroxyl groups excluding tert-OH is 1. The van der Waals surface area contributed by atoms with E-state index in [9.17, 15) is 19.1 Å². The van der Waals surface area contributed by atoms with Gasteiger partial charge in [-0.05, 0) is 66.1 Å². The Labute approximate surface area is 207 Å². The zero-order chi connectivity index (χ0) is 24.0. The molecule has 8 heteroatoms. The number of aliphatic hydroxyl groups is 1. The number of aryl methyl sites for hydroxylation is 1. The molecule has 3 aromatic carbocycles. The second kappa shape index (κ2) is 8.77. The summed E-state index contributed by atoms with van der Waals surface area (Å²) in [7, 11) is 0. The lowest BCUT2D eigenvalue weighted by Crippen LogP contribution is -2.29. The average Bonchev–Trinajstić information content (AvgIpc) is 3.36. The predicted octanol–water partition coefficient (Wildman–Crippen LogP) is 6.39. The number of aromatic nitrogens is 1. The number of rotatable bonds is 4. The summed E-state index contributed by atoms with van der Waals surface area (Å²) in [5.41, 5.74) is 2.68. The van der Waals surface area contributed by atoms with Gasteiger partial charge in [-0.2, -0.15) is 0 Å². The van der Waals surface area contributed by atoms with E-state index in [-0.39, 0.29) is 16.9 Å². The third-order valence-electron chi connectivity index (χ3n) is 5.78. The molecule has 1 aliphatic rings. The summed E-state index contributed by atoms with van der Waals surface area (Å²) in [6, 6.07) is 17.4. The third-order valence-corrected chi connectivity index (χ3v) is 7.29. The number of hydrogen-bond donors (Lipinski definition) is 1. The minimum Gasteiger partial charge on any atom is -0.507 e. The summed E-state index contributed by atoms with van der Waals surface area (Å²) < 4.78 is 15.1. The van der Waals surface area contributed by atoms with Crippen LogP contribution in [0, 0.1) is 5.82 Å². The lowest BCUT2D eigenvalue weighted by molar-refractivity contribution is -0.132.